The Morgan fingerprint density at radius 2 is 2.40 bits per heavy atom. The van der Waals surface area contributed by atoms with Crippen LogP contribution in [0.25, 0.3) is 0 Å². The van der Waals surface area contributed by atoms with Crippen molar-refractivity contribution in [1.29, 1.82) is 0 Å². The molecule has 0 aromatic carbocycles. The van der Waals surface area contributed by atoms with Gasteiger partial charge in [0.25, 0.3) is 0 Å². The molecule has 0 bridgehead atoms. The van der Waals surface area contributed by atoms with E-state index in [0.717, 1.165) is 12.8 Å². The van der Waals surface area contributed by atoms with Crippen LogP contribution in [0.1, 0.15) is 19.8 Å². The van der Waals surface area contributed by atoms with Gasteiger partial charge in [0.1, 0.15) is 5.25 Å². The lowest BCUT2D eigenvalue weighted by molar-refractivity contribution is -0.172. The number of carbonyl (C=O) groups is 1. The maximum Gasteiger partial charge on any atom is 0.325 e. The summed E-state index contributed by atoms with van der Waals surface area (Å²) in [5, 5.41) is -0.337. The lowest BCUT2D eigenvalue weighted by Crippen LogP contribution is -2.55. The number of thiol groups is 2. The molecule has 10 heavy (non-hydrogen) atoms. The fraction of sp³-hybridized carbons (Fsp3) is 0.833. The van der Waals surface area contributed by atoms with Crippen LogP contribution in [0.2, 0.25) is 0 Å². The quantitative estimate of drug-likeness (QED) is 0.492. The minimum atomic E-state index is -0.588. The van der Waals surface area contributed by atoms with E-state index in [0.29, 0.717) is 0 Å². The van der Waals surface area contributed by atoms with Gasteiger partial charge in [-0.1, -0.05) is 13.3 Å². The molecule has 0 aromatic heterocycles. The minimum absolute atomic E-state index is 0.258. The molecule has 0 aromatic rings. The minimum Gasteiger partial charge on any atom is -0.445 e. The van der Waals surface area contributed by atoms with E-state index in [4.69, 9.17) is 4.74 Å². The molecule has 4 heteroatoms. The van der Waals surface area contributed by atoms with E-state index >= 15 is 0 Å². The van der Waals surface area contributed by atoms with Crippen molar-refractivity contribution < 1.29 is 9.53 Å². The second kappa shape index (κ2) is 2.66. The first kappa shape index (κ1) is 8.27. The maximum absolute atomic E-state index is 10.6. The molecule has 2 nitrogen and oxygen atoms in total. The summed E-state index contributed by atoms with van der Waals surface area (Å²) in [7, 11) is 0. The standard InChI is InChI=1S/C6H10O2S2/c1-2-3-6(10)4(9)5(7)8-6/h4,9-10H,2-3H2,1H3. The third-order valence-corrected chi connectivity index (χ3v) is 2.94. The number of ether oxygens (including phenoxy) is 1. The molecule has 1 heterocycles. The zero-order chi connectivity index (χ0) is 7.78. The highest BCUT2D eigenvalue weighted by Gasteiger charge is 2.51. The van der Waals surface area contributed by atoms with Crippen molar-refractivity contribution in [3.8, 4) is 0 Å². The highest BCUT2D eigenvalue weighted by Crippen LogP contribution is 2.39. The van der Waals surface area contributed by atoms with Gasteiger partial charge in [-0.15, -0.1) is 12.6 Å². The van der Waals surface area contributed by atoms with Crippen LogP contribution < -0.4 is 0 Å². The van der Waals surface area contributed by atoms with Gasteiger partial charge in [-0.25, -0.2) is 0 Å². The predicted octanol–water partition coefficient (Wildman–Crippen LogP) is 1.27. The van der Waals surface area contributed by atoms with E-state index < -0.39 is 4.93 Å². The summed E-state index contributed by atoms with van der Waals surface area (Å²) in [5.41, 5.74) is 0. The van der Waals surface area contributed by atoms with Crippen LogP contribution in [0.5, 0.6) is 0 Å². The molecule has 58 valence electrons. The fourth-order valence-corrected chi connectivity index (χ4v) is 1.61. The van der Waals surface area contributed by atoms with Crippen LogP contribution in [0, 0.1) is 0 Å². The Kier molecular flexibility index (Phi) is 2.20. The molecule has 0 N–H and O–H groups in total. The molecule has 0 amide bonds. The van der Waals surface area contributed by atoms with Gasteiger partial charge in [0, 0.05) is 0 Å². The molecule has 1 aliphatic heterocycles. The van der Waals surface area contributed by atoms with E-state index in [1.165, 1.54) is 0 Å². The molecule has 2 atom stereocenters. The monoisotopic (exact) mass is 178 g/mol. The number of carbonyl (C=O) groups excluding carboxylic acids is 1. The Bertz CT molecular complexity index is 160. The number of rotatable bonds is 2. The van der Waals surface area contributed by atoms with Gasteiger partial charge in [-0.05, 0) is 6.42 Å². The third kappa shape index (κ3) is 1.14. The zero-order valence-corrected chi connectivity index (χ0v) is 7.49. The third-order valence-electron chi connectivity index (χ3n) is 1.54. The summed E-state index contributed by atoms with van der Waals surface area (Å²) < 4.78 is 4.83. The lowest BCUT2D eigenvalue weighted by atomic mass is 10.1. The average Bonchev–Trinajstić information content (AvgIpc) is 1.88. The smallest absolute Gasteiger partial charge is 0.325 e. The molecule has 1 aliphatic rings. The SMILES string of the molecule is CCCC1(S)OC(=O)C1S. The van der Waals surface area contributed by atoms with Gasteiger partial charge >= 0.3 is 5.97 Å². The van der Waals surface area contributed by atoms with Gasteiger partial charge in [0.2, 0.25) is 0 Å². The molecule has 0 saturated carbocycles. The predicted molar refractivity (Wildman–Crippen MR) is 45.5 cm³/mol. The van der Waals surface area contributed by atoms with Crippen LogP contribution in [0.15, 0.2) is 0 Å². The summed E-state index contributed by atoms with van der Waals surface area (Å²) >= 11 is 8.23. The zero-order valence-electron chi connectivity index (χ0n) is 5.70. The van der Waals surface area contributed by atoms with Crippen LogP contribution in [-0.4, -0.2) is 16.2 Å². The van der Waals surface area contributed by atoms with Gasteiger partial charge in [0.15, 0.2) is 4.93 Å². The van der Waals surface area contributed by atoms with Gasteiger partial charge in [-0.3, -0.25) is 4.79 Å². The second-order valence-electron chi connectivity index (χ2n) is 2.42. The Balaban J connectivity index is 2.49. The molecule has 1 rings (SSSR count). The van der Waals surface area contributed by atoms with Gasteiger partial charge in [-0.2, -0.15) is 12.6 Å². The summed E-state index contributed by atoms with van der Waals surface area (Å²) in [6.07, 6.45) is 1.73. The Hall–Kier alpha value is 0.170. The first-order chi connectivity index (χ1) is 4.60. The van der Waals surface area contributed by atoms with Crippen molar-refractivity contribution in [2.75, 3.05) is 0 Å². The van der Waals surface area contributed by atoms with Crippen LogP contribution >= 0.6 is 25.3 Å². The average molecular weight is 178 g/mol. The van der Waals surface area contributed by atoms with Crippen LogP contribution in [0.4, 0.5) is 0 Å². The summed E-state index contributed by atoms with van der Waals surface area (Å²) in [6, 6.07) is 0. The molecule has 1 saturated heterocycles. The van der Waals surface area contributed by atoms with Crippen molar-refractivity contribution in [2.45, 2.75) is 29.9 Å². The van der Waals surface area contributed by atoms with E-state index in [2.05, 4.69) is 25.3 Å². The molecule has 0 radical (unpaired) electrons. The summed E-state index contributed by atoms with van der Waals surface area (Å²) in [4.78, 5) is 9.98. The molecule has 0 aliphatic carbocycles. The van der Waals surface area contributed by atoms with Crippen molar-refractivity contribution in [1.82, 2.24) is 0 Å². The number of esters is 1. The lowest BCUT2D eigenvalue weighted by Gasteiger charge is -2.41. The normalized spacial score (nSPS) is 38.7. The summed E-state index contributed by atoms with van der Waals surface area (Å²) in [6.45, 7) is 2.02. The number of hydrogen-bond acceptors (Lipinski definition) is 4. The first-order valence-corrected chi connectivity index (χ1v) is 4.20. The van der Waals surface area contributed by atoms with Crippen molar-refractivity contribution in [3.05, 3.63) is 0 Å². The van der Waals surface area contributed by atoms with E-state index in [9.17, 15) is 4.79 Å². The van der Waals surface area contributed by atoms with E-state index in [1.54, 1.807) is 0 Å². The van der Waals surface area contributed by atoms with Crippen LogP contribution in [-0.2, 0) is 9.53 Å². The highest BCUT2D eigenvalue weighted by molar-refractivity contribution is 7.86. The number of hydrogen-bond donors (Lipinski definition) is 2. The molecule has 1 fully saturated rings. The van der Waals surface area contributed by atoms with Crippen LogP contribution in [0.3, 0.4) is 0 Å². The summed E-state index contributed by atoms with van der Waals surface area (Å²) in [5.74, 6) is -0.258. The van der Waals surface area contributed by atoms with Crippen molar-refractivity contribution in [3.63, 3.8) is 0 Å². The molecule has 2 unspecified atom stereocenters. The highest BCUT2D eigenvalue weighted by atomic mass is 32.1. The van der Waals surface area contributed by atoms with E-state index in [1.807, 2.05) is 6.92 Å². The van der Waals surface area contributed by atoms with Gasteiger partial charge in [0.05, 0.1) is 0 Å². The molecular weight excluding hydrogens is 168 g/mol. The topological polar surface area (TPSA) is 26.3 Å². The Morgan fingerprint density at radius 1 is 1.80 bits per heavy atom. The fourth-order valence-electron chi connectivity index (χ4n) is 0.958. The molecular formula is C6H10O2S2. The maximum atomic E-state index is 10.6. The second-order valence-corrected chi connectivity index (χ2v) is 3.69. The first-order valence-electron chi connectivity index (χ1n) is 3.23. The number of cyclic esters (lactones) is 1. The van der Waals surface area contributed by atoms with Crippen molar-refractivity contribution in [2.24, 2.45) is 0 Å². The van der Waals surface area contributed by atoms with Gasteiger partial charge < -0.3 is 4.74 Å². The van der Waals surface area contributed by atoms with Crippen molar-refractivity contribution >= 4 is 31.2 Å². The van der Waals surface area contributed by atoms with E-state index in [-0.39, 0.29) is 11.2 Å². The largest absolute Gasteiger partial charge is 0.445 e. The Morgan fingerprint density at radius 3 is 2.70 bits per heavy atom. The molecule has 0 spiro atoms. The Labute approximate surface area is 71.1 Å².